The first-order chi connectivity index (χ1) is 8.21. The summed E-state index contributed by atoms with van der Waals surface area (Å²) in [6.45, 7) is 16.8. The average Bonchev–Trinajstić information content (AvgIpc) is 2.22. The monoisotopic (exact) mass is 275 g/mol. The van der Waals surface area contributed by atoms with Crippen LogP contribution in [0, 0.1) is 11.3 Å². The fraction of sp³-hybridized carbons (Fsp3) is 1.00. The molecule has 18 heavy (non-hydrogen) atoms. The lowest BCUT2D eigenvalue weighted by Gasteiger charge is -2.35. The highest BCUT2D eigenvalue weighted by Crippen LogP contribution is 2.34. The zero-order valence-electron chi connectivity index (χ0n) is 13.4. The summed E-state index contributed by atoms with van der Waals surface area (Å²) >= 11 is 2.07. The van der Waals surface area contributed by atoms with Gasteiger partial charge in [-0.1, -0.05) is 41.5 Å². The minimum atomic E-state index is 0.376. The molecular formula is C15H33NOS. The number of thioether (sulfide) groups is 1. The summed E-state index contributed by atoms with van der Waals surface area (Å²) in [6.07, 6.45) is 1.27. The Balaban J connectivity index is 4.09. The molecule has 0 heterocycles. The van der Waals surface area contributed by atoms with E-state index < -0.39 is 0 Å². The van der Waals surface area contributed by atoms with E-state index in [2.05, 4.69) is 58.6 Å². The van der Waals surface area contributed by atoms with Gasteiger partial charge >= 0.3 is 0 Å². The van der Waals surface area contributed by atoms with Crippen molar-refractivity contribution in [1.82, 2.24) is 5.32 Å². The molecule has 1 atom stereocenters. The van der Waals surface area contributed by atoms with Gasteiger partial charge < -0.3 is 10.1 Å². The zero-order chi connectivity index (χ0) is 14.2. The van der Waals surface area contributed by atoms with E-state index in [1.165, 1.54) is 12.2 Å². The van der Waals surface area contributed by atoms with Crippen molar-refractivity contribution in [2.75, 3.05) is 32.6 Å². The lowest BCUT2D eigenvalue weighted by atomic mass is 9.77. The number of ether oxygens (including phenoxy) is 1. The van der Waals surface area contributed by atoms with Gasteiger partial charge in [-0.3, -0.25) is 0 Å². The maximum Gasteiger partial charge on any atom is 0.0587 e. The molecule has 1 N–H and O–H groups in total. The largest absolute Gasteiger partial charge is 0.383 e. The third-order valence-corrected chi connectivity index (χ3v) is 4.89. The quantitative estimate of drug-likeness (QED) is 0.647. The van der Waals surface area contributed by atoms with Gasteiger partial charge in [0.2, 0.25) is 0 Å². The fourth-order valence-electron chi connectivity index (χ4n) is 1.72. The third-order valence-electron chi connectivity index (χ3n) is 3.61. The topological polar surface area (TPSA) is 21.3 Å². The molecule has 0 aromatic heterocycles. The van der Waals surface area contributed by atoms with E-state index in [4.69, 9.17) is 4.74 Å². The van der Waals surface area contributed by atoms with Crippen LogP contribution in [0.3, 0.4) is 0 Å². The van der Waals surface area contributed by atoms with Crippen LogP contribution >= 0.6 is 11.8 Å². The van der Waals surface area contributed by atoms with Gasteiger partial charge in [0.05, 0.1) is 6.61 Å². The molecule has 0 aliphatic carbocycles. The summed E-state index contributed by atoms with van der Waals surface area (Å²) in [4.78, 5) is 0. The molecule has 2 nitrogen and oxygen atoms in total. The van der Waals surface area contributed by atoms with Crippen molar-refractivity contribution in [3.63, 3.8) is 0 Å². The molecular weight excluding hydrogens is 242 g/mol. The second-order valence-corrected chi connectivity index (χ2v) is 8.61. The zero-order valence-corrected chi connectivity index (χ0v) is 14.2. The second kappa shape index (κ2) is 8.44. The van der Waals surface area contributed by atoms with Crippen LogP contribution in [-0.2, 0) is 4.74 Å². The van der Waals surface area contributed by atoms with Crippen molar-refractivity contribution in [2.24, 2.45) is 11.3 Å². The Labute approximate surface area is 119 Å². The standard InChI is InChI=1S/C15H33NOS/c1-13(2)15(6,12-16-9-10-17-7)8-11-18-14(3,4)5/h13,16H,8-12H2,1-7H3. The number of methoxy groups -OCH3 is 1. The Kier molecular flexibility index (Phi) is 8.57. The summed E-state index contributed by atoms with van der Waals surface area (Å²) in [5.74, 6) is 1.94. The van der Waals surface area contributed by atoms with Crippen LogP contribution in [0.5, 0.6) is 0 Å². The van der Waals surface area contributed by atoms with Crippen molar-refractivity contribution in [1.29, 1.82) is 0 Å². The predicted octanol–water partition coefficient (Wildman–Crippen LogP) is 3.81. The van der Waals surface area contributed by atoms with Crippen LogP contribution in [0.25, 0.3) is 0 Å². The van der Waals surface area contributed by atoms with Gasteiger partial charge in [-0.25, -0.2) is 0 Å². The van der Waals surface area contributed by atoms with E-state index in [9.17, 15) is 0 Å². The molecule has 0 aromatic rings. The third kappa shape index (κ3) is 8.39. The van der Waals surface area contributed by atoms with Crippen LogP contribution in [-0.4, -0.2) is 37.3 Å². The highest BCUT2D eigenvalue weighted by Gasteiger charge is 2.28. The van der Waals surface area contributed by atoms with Gasteiger partial charge in [0.1, 0.15) is 0 Å². The minimum absolute atomic E-state index is 0.376. The molecule has 0 amide bonds. The van der Waals surface area contributed by atoms with Crippen molar-refractivity contribution in [3.8, 4) is 0 Å². The molecule has 3 heteroatoms. The Morgan fingerprint density at radius 2 is 1.78 bits per heavy atom. The summed E-state index contributed by atoms with van der Waals surface area (Å²) in [6, 6.07) is 0. The lowest BCUT2D eigenvalue weighted by molar-refractivity contribution is 0.173. The van der Waals surface area contributed by atoms with E-state index in [0.717, 1.165) is 19.7 Å². The van der Waals surface area contributed by atoms with Crippen LogP contribution in [0.4, 0.5) is 0 Å². The van der Waals surface area contributed by atoms with Crippen molar-refractivity contribution < 1.29 is 4.74 Å². The summed E-state index contributed by atoms with van der Waals surface area (Å²) < 4.78 is 5.45. The van der Waals surface area contributed by atoms with Crippen LogP contribution < -0.4 is 5.32 Å². The second-order valence-electron chi connectivity index (χ2n) is 6.69. The molecule has 0 radical (unpaired) electrons. The van der Waals surface area contributed by atoms with Crippen molar-refractivity contribution >= 4 is 11.8 Å². The van der Waals surface area contributed by atoms with Crippen molar-refractivity contribution in [2.45, 2.75) is 52.7 Å². The highest BCUT2D eigenvalue weighted by atomic mass is 32.2. The van der Waals surface area contributed by atoms with E-state index >= 15 is 0 Å². The molecule has 0 aliphatic rings. The van der Waals surface area contributed by atoms with Crippen LogP contribution in [0.1, 0.15) is 48.0 Å². The van der Waals surface area contributed by atoms with Gasteiger partial charge in [-0.2, -0.15) is 11.8 Å². The van der Waals surface area contributed by atoms with Gasteiger partial charge in [0, 0.05) is 24.9 Å². The molecule has 0 spiro atoms. The van der Waals surface area contributed by atoms with E-state index in [1.54, 1.807) is 7.11 Å². The number of nitrogens with one attached hydrogen (secondary N) is 1. The van der Waals surface area contributed by atoms with Crippen LogP contribution in [0.2, 0.25) is 0 Å². The summed E-state index contributed by atoms with van der Waals surface area (Å²) in [5.41, 5.74) is 0.381. The van der Waals surface area contributed by atoms with Gasteiger partial charge in [0.25, 0.3) is 0 Å². The lowest BCUT2D eigenvalue weighted by Crippen LogP contribution is -2.38. The molecule has 0 saturated heterocycles. The first-order valence-corrected chi connectivity index (χ1v) is 8.03. The first kappa shape index (κ1) is 18.3. The molecule has 0 aliphatic heterocycles. The Morgan fingerprint density at radius 1 is 1.17 bits per heavy atom. The number of hydrogen-bond acceptors (Lipinski definition) is 3. The molecule has 0 saturated carbocycles. The normalized spacial score (nSPS) is 16.0. The smallest absolute Gasteiger partial charge is 0.0587 e. The Morgan fingerprint density at radius 3 is 2.22 bits per heavy atom. The molecule has 0 bridgehead atoms. The first-order valence-electron chi connectivity index (χ1n) is 7.05. The highest BCUT2D eigenvalue weighted by molar-refractivity contribution is 8.00. The maximum atomic E-state index is 5.08. The molecule has 110 valence electrons. The van der Waals surface area contributed by atoms with E-state index in [-0.39, 0.29) is 0 Å². The van der Waals surface area contributed by atoms with E-state index in [1.807, 2.05) is 0 Å². The Bertz CT molecular complexity index is 213. The van der Waals surface area contributed by atoms with Gasteiger partial charge in [0.15, 0.2) is 0 Å². The summed E-state index contributed by atoms with van der Waals surface area (Å²) in [5, 5.41) is 3.52. The molecule has 0 fully saturated rings. The van der Waals surface area contributed by atoms with E-state index in [0.29, 0.717) is 16.1 Å². The van der Waals surface area contributed by atoms with Gasteiger partial charge in [-0.05, 0) is 23.5 Å². The molecule has 0 rings (SSSR count). The van der Waals surface area contributed by atoms with Crippen LogP contribution in [0.15, 0.2) is 0 Å². The number of rotatable bonds is 9. The number of hydrogen-bond donors (Lipinski definition) is 1. The predicted molar refractivity (Wildman–Crippen MR) is 84.5 cm³/mol. The Hall–Kier alpha value is 0.270. The minimum Gasteiger partial charge on any atom is -0.383 e. The SMILES string of the molecule is COCCNCC(C)(CCSC(C)(C)C)C(C)C. The van der Waals surface area contributed by atoms with Gasteiger partial charge in [-0.15, -0.1) is 0 Å². The fourth-order valence-corrected chi connectivity index (χ4v) is 2.90. The average molecular weight is 276 g/mol. The molecule has 1 unspecified atom stereocenters. The maximum absolute atomic E-state index is 5.08. The summed E-state index contributed by atoms with van der Waals surface area (Å²) in [7, 11) is 1.75. The molecule has 0 aromatic carbocycles. The van der Waals surface area contributed by atoms with Crippen molar-refractivity contribution in [3.05, 3.63) is 0 Å².